The van der Waals surface area contributed by atoms with Crippen LogP contribution in [0.2, 0.25) is 5.02 Å². The monoisotopic (exact) mass is 284 g/mol. The summed E-state index contributed by atoms with van der Waals surface area (Å²) in [6, 6.07) is 6.89. The third-order valence-corrected chi connectivity index (χ3v) is 2.91. The lowest BCUT2D eigenvalue weighted by Gasteiger charge is -2.25. The Bertz CT molecular complexity index is 475. The molecule has 0 fully saturated rings. The summed E-state index contributed by atoms with van der Waals surface area (Å²) in [5.41, 5.74) is -0.735. The number of benzene rings is 1. The van der Waals surface area contributed by atoms with E-state index in [2.05, 4.69) is 10.6 Å². The van der Waals surface area contributed by atoms with Crippen LogP contribution in [-0.4, -0.2) is 30.0 Å². The summed E-state index contributed by atoms with van der Waals surface area (Å²) >= 11 is 6.00. The number of carbonyl (C=O) groups is 2. The lowest BCUT2D eigenvalue weighted by molar-refractivity contribution is -0.125. The van der Waals surface area contributed by atoms with Crippen LogP contribution >= 0.6 is 11.6 Å². The van der Waals surface area contributed by atoms with Gasteiger partial charge in [-0.05, 0) is 13.0 Å². The first-order chi connectivity index (χ1) is 8.83. The molecule has 0 bridgehead atoms. The highest BCUT2D eigenvalue weighted by Crippen LogP contribution is 2.26. The van der Waals surface area contributed by atoms with E-state index in [1.54, 1.807) is 31.2 Å². The van der Waals surface area contributed by atoms with Gasteiger partial charge in [-0.15, -0.1) is 0 Å². The van der Waals surface area contributed by atoms with Crippen LogP contribution in [0.1, 0.15) is 19.4 Å². The van der Waals surface area contributed by atoms with Crippen molar-refractivity contribution in [2.75, 3.05) is 13.1 Å². The fourth-order valence-electron chi connectivity index (χ4n) is 1.53. The number of amides is 2. The smallest absolute Gasteiger partial charge is 0.239 e. The van der Waals surface area contributed by atoms with E-state index in [0.29, 0.717) is 10.6 Å². The Kier molecular flexibility index (Phi) is 5.32. The van der Waals surface area contributed by atoms with Gasteiger partial charge in [-0.25, -0.2) is 0 Å². The first-order valence-corrected chi connectivity index (χ1v) is 6.19. The second-order valence-electron chi connectivity index (χ2n) is 4.44. The molecule has 1 unspecified atom stereocenters. The molecule has 0 aliphatic rings. The maximum absolute atomic E-state index is 11.4. The van der Waals surface area contributed by atoms with Crippen LogP contribution in [0.4, 0.5) is 0 Å². The molecule has 1 atom stereocenters. The SMILES string of the molecule is CC(=O)NCC(=O)NCC(C)(O)c1ccccc1Cl. The molecule has 0 saturated carbocycles. The average molecular weight is 285 g/mol. The summed E-state index contributed by atoms with van der Waals surface area (Å²) in [6.07, 6.45) is 0. The zero-order chi connectivity index (χ0) is 14.5. The summed E-state index contributed by atoms with van der Waals surface area (Å²) < 4.78 is 0. The second kappa shape index (κ2) is 6.54. The van der Waals surface area contributed by atoms with E-state index in [-0.39, 0.29) is 24.9 Å². The molecule has 3 N–H and O–H groups in total. The van der Waals surface area contributed by atoms with Gasteiger partial charge < -0.3 is 15.7 Å². The van der Waals surface area contributed by atoms with E-state index < -0.39 is 5.60 Å². The van der Waals surface area contributed by atoms with Gasteiger partial charge in [0, 0.05) is 17.5 Å². The molecule has 1 rings (SSSR count). The van der Waals surface area contributed by atoms with Crippen molar-refractivity contribution in [3.05, 3.63) is 34.9 Å². The van der Waals surface area contributed by atoms with Crippen LogP contribution in [-0.2, 0) is 15.2 Å². The molecule has 0 aliphatic heterocycles. The van der Waals surface area contributed by atoms with Crippen molar-refractivity contribution < 1.29 is 14.7 Å². The Morgan fingerprint density at radius 3 is 2.53 bits per heavy atom. The van der Waals surface area contributed by atoms with Crippen LogP contribution in [0, 0.1) is 0 Å². The Hall–Kier alpha value is -1.59. The first-order valence-electron chi connectivity index (χ1n) is 5.81. The predicted octanol–water partition coefficient (Wildman–Crippen LogP) is 0.800. The minimum atomic E-state index is -1.27. The third kappa shape index (κ3) is 4.89. The molecule has 0 heterocycles. The Morgan fingerprint density at radius 1 is 1.32 bits per heavy atom. The van der Waals surface area contributed by atoms with Gasteiger partial charge in [0.15, 0.2) is 0 Å². The van der Waals surface area contributed by atoms with E-state index >= 15 is 0 Å². The molecule has 1 aromatic carbocycles. The summed E-state index contributed by atoms with van der Waals surface area (Å²) in [4.78, 5) is 22.1. The molecule has 0 radical (unpaired) electrons. The van der Waals surface area contributed by atoms with Crippen LogP contribution in [0.5, 0.6) is 0 Å². The lowest BCUT2D eigenvalue weighted by atomic mass is 9.96. The van der Waals surface area contributed by atoms with Gasteiger partial charge in [-0.2, -0.15) is 0 Å². The Labute approximate surface area is 117 Å². The molecular weight excluding hydrogens is 268 g/mol. The normalized spacial score (nSPS) is 13.5. The molecule has 19 heavy (non-hydrogen) atoms. The van der Waals surface area contributed by atoms with Crippen LogP contribution < -0.4 is 10.6 Å². The molecule has 0 saturated heterocycles. The van der Waals surface area contributed by atoms with Gasteiger partial charge >= 0.3 is 0 Å². The minimum absolute atomic E-state index is 0.00908. The second-order valence-corrected chi connectivity index (χ2v) is 4.85. The highest BCUT2D eigenvalue weighted by Gasteiger charge is 2.25. The van der Waals surface area contributed by atoms with E-state index in [1.807, 2.05) is 0 Å². The van der Waals surface area contributed by atoms with Crippen molar-refractivity contribution in [2.45, 2.75) is 19.4 Å². The lowest BCUT2D eigenvalue weighted by Crippen LogP contribution is -2.43. The summed E-state index contributed by atoms with van der Waals surface area (Å²) in [5.74, 6) is -0.657. The fraction of sp³-hybridized carbons (Fsp3) is 0.385. The number of rotatable bonds is 5. The van der Waals surface area contributed by atoms with Gasteiger partial charge in [0.1, 0.15) is 5.60 Å². The maximum atomic E-state index is 11.4. The van der Waals surface area contributed by atoms with Crippen LogP contribution in [0.15, 0.2) is 24.3 Å². The van der Waals surface area contributed by atoms with Crippen LogP contribution in [0.3, 0.4) is 0 Å². The fourth-order valence-corrected chi connectivity index (χ4v) is 1.87. The first kappa shape index (κ1) is 15.5. The van der Waals surface area contributed by atoms with E-state index in [1.165, 1.54) is 6.92 Å². The largest absolute Gasteiger partial charge is 0.384 e. The van der Waals surface area contributed by atoms with Crippen LogP contribution in [0.25, 0.3) is 0 Å². The Balaban J connectivity index is 2.58. The van der Waals surface area contributed by atoms with Gasteiger partial charge in [0.2, 0.25) is 11.8 Å². The number of nitrogens with one attached hydrogen (secondary N) is 2. The summed E-state index contributed by atoms with van der Waals surface area (Å²) in [6.45, 7) is 2.78. The van der Waals surface area contributed by atoms with Gasteiger partial charge in [0.25, 0.3) is 0 Å². The van der Waals surface area contributed by atoms with Crippen molar-refractivity contribution >= 4 is 23.4 Å². The van der Waals surface area contributed by atoms with Crippen molar-refractivity contribution in [3.8, 4) is 0 Å². The van der Waals surface area contributed by atoms with E-state index in [9.17, 15) is 14.7 Å². The molecule has 5 nitrogen and oxygen atoms in total. The van der Waals surface area contributed by atoms with Gasteiger partial charge in [0.05, 0.1) is 13.1 Å². The number of halogens is 1. The molecular formula is C13H17ClN2O3. The quantitative estimate of drug-likeness (QED) is 0.748. The van der Waals surface area contributed by atoms with Gasteiger partial charge in [-0.1, -0.05) is 29.8 Å². The molecule has 1 aromatic rings. The van der Waals surface area contributed by atoms with Crippen molar-refractivity contribution in [1.29, 1.82) is 0 Å². The number of carbonyl (C=O) groups excluding carboxylic acids is 2. The Morgan fingerprint density at radius 2 is 1.95 bits per heavy atom. The zero-order valence-electron chi connectivity index (χ0n) is 10.9. The van der Waals surface area contributed by atoms with E-state index in [0.717, 1.165) is 0 Å². The average Bonchev–Trinajstić information content (AvgIpc) is 2.34. The highest BCUT2D eigenvalue weighted by atomic mass is 35.5. The van der Waals surface area contributed by atoms with Crippen molar-refractivity contribution in [1.82, 2.24) is 10.6 Å². The van der Waals surface area contributed by atoms with Gasteiger partial charge in [-0.3, -0.25) is 9.59 Å². The summed E-state index contributed by atoms with van der Waals surface area (Å²) in [7, 11) is 0. The topological polar surface area (TPSA) is 78.4 Å². The number of hydrogen-bond donors (Lipinski definition) is 3. The third-order valence-electron chi connectivity index (χ3n) is 2.58. The molecule has 2 amide bonds. The number of aliphatic hydroxyl groups is 1. The summed E-state index contributed by atoms with van der Waals surface area (Å²) in [5, 5.41) is 15.7. The van der Waals surface area contributed by atoms with Crippen molar-refractivity contribution in [3.63, 3.8) is 0 Å². The highest BCUT2D eigenvalue weighted by molar-refractivity contribution is 6.31. The van der Waals surface area contributed by atoms with Crippen molar-refractivity contribution in [2.24, 2.45) is 0 Å². The minimum Gasteiger partial charge on any atom is -0.384 e. The molecule has 0 aliphatic carbocycles. The molecule has 6 heteroatoms. The molecule has 0 aromatic heterocycles. The maximum Gasteiger partial charge on any atom is 0.239 e. The molecule has 104 valence electrons. The number of hydrogen-bond acceptors (Lipinski definition) is 3. The van der Waals surface area contributed by atoms with E-state index in [4.69, 9.17) is 11.6 Å². The zero-order valence-corrected chi connectivity index (χ0v) is 11.6. The standard InChI is InChI=1S/C13H17ClN2O3/c1-9(17)15-7-12(18)16-8-13(2,19)10-5-3-4-6-11(10)14/h3-6,19H,7-8H2,1-2H3,(H,15,17)(H,16,18). The molecule has 0 spiro atoms. The predicted molar refractivity (Wildman–Crippen MR) is 72.7 cm³/mol.